The number of primary sulfonamides is 1. The number of rotatable bonds is 7. The molecule has 3 aromatic rings. The summed E-state index contributed by atoms with van der Waals surface area (Å²) >= 11 is 1.19. The Kier molecular flexibility index (Phi) is 6.30. The molecule has 0 atom stereocenters. The van der Waals surface area contributed by atoms with Crippen LogP contribution in [-0.4, -0.2) is 40.3 Å². The van der Waals surface area contributed by atoms with Crippen LogP contribution in [0.15, 0.2) is 58.6 Å². The van der Waals surface area contributed by atoms with Crippen molar-refractivity contribution in [2.75, 3.05) is 11.1 Å². The second-order valence-electron chi connectivity index (χ2n) is 6.53. The highest BCUT2D eigenvalue weighted by molar-refractivity contribution is 7.99. The molecule has 3 N–H and O–H groups in total. The van der Waals surface area contributed by atoms with E-state index in [0.29, 0.717) is 16.8 Å². The van der Waals surface area contributed by atoms with Crippen molar-refractivity contribution >= 4 is 33.4 Å². The van der Waals surface area contributed by atoms with Crippen LogP contribution in [-0.2, 0) is 14.8 Å². The molecule has 0 unspecified atom stereocenters. The monoisotopic (exact) mass is 432 g/mol. The second-order valence-corrected chi connectivity index (χ2v) is 9.03. The lowest BCUT2D eigenvalue weighted by atomic mass is 10.0. The number of carbonyl (C=O) groups is 1. The minimum absolute atomic E-state index is 0.0208. The summed E-state index contributed by atoms with van der Waals surface area (Å²) in [5.74, 6) is 0.235. The maximum absolute atomic E-state index is 12.2. The molecule has 152 valence electrons. The highest BCUT2D eigenvalue weighted by atomic mass is 32.2. The predicted molar refractivity (Wildman–Crippen MR) is 110 cm³/mol. The van der Waals surface area contributed by atoms with Crippen LogP contribution in [0, 0.1) is 0 Å². The molecule has 2 aromatic carbocycles. The van der Waals surface area contributed by atoms with Crippen LogP contribution in [0.1, 0.15) is 25.3 Å². The molecule has 0 aliphatic rings. The van der Waals surface area contributed by atoms with Crippen LogP contribution >= 0.6 is 11.8 Å². The molecule has 0 aliphatic heterocycles. The van der Waals surface area contributed by atoms with Gasteiger partial charge in [-0.1, -0.05) is 37.7 Å². The zero-order valence-corrected chi connectivity index (χ0v) is 17.4. The molecule has 11 heteroatoms. The first-order valence-corrected chi connectivity index (χ1v) is 11.2. The Morgan fingerprint density at radius 1 is 1.14 bits per heavy atom. The summed E-state index contributed by atoms with van der Waals surface area (Å²) in [6.45, 7) is 4.24. The zero-order valence-electron chi connectivity index (χ0n) is 15.8. The van der Waals surface area contributed by atoms with Gasteiger partial charge in [-0.3, -0.25) is 4.79 Å². The van der Waals surface area contributed by atoms with Crippen molar-refractivity contribution in [1.29, 1.82) is 0 Å². The van der Waals surface area contributed by atoms with Gasteiger partial charge >= 0.3 is 0 Å². The van der Waals surface area contributed by atoms with E-state index in [1.54, 1.807) is 4.68 Å². The molecule has 0 aliphatic carbocycles. The first-order valence-electron chi connectivity index (χ1n) is 8.68. The molecular weight excluding hydrogens is 412 g/mol. The van der Waals surface area contributed by atoms with Crippen LogP contribution < -0.4 is 10.5 Å². The van der Waals surface area contributed by atoms with Gasteiger partial charge in [0.05, 0.1) is 16.3 Å². The summed E-state index contributed by atoms with van der Waals surface area (Å²) < 4.78 is 24.1. The lowest BCUT2D eigenvalue weighted by Gasteiger charge is -2.08. The minimum Gasteiger partial charge on any atom is -0.325 e. The third-order valence-corrected chi connectivity index (χ3v) is 5.89. The Hall–Kier alpha value is -2.76. The van der Waals surface area contributed by atoms with Crippen molar-refractivity contribution in [2.45, 2.75) is 29.8 Å². The number of nitrogens with two attached hydrogens (primary N) is 1. The van der Waals surface area contributed by atoms with Crippen molar-refractivity contribution in [3.63, 3.8) is 0 Å². The first kappa shape index (κ1) is 21.0. The SMILES string of the molecule is CC(C)c1ccc(-n2nnnc2SCC(=O)Nc2ccc(S(N)(=O)=O)cc2)cc1. The zero-order chi connectivity index (χ0) is 21.0. The molecule has 29 heavy (non-hydrogen) atoms. The lowest BCUT2D eigenvalue weighted by molar-refractivity contribution is -0.113. The summed E-state index contributed by atoms with van der Waals surface area (Å²) in [4.78, 5) is 12.2. The van der Waals surface area contributed by atoms with E-state index < -0.39 is 10.0 Å². The average molecular weight is 433 g/mol. The molecule has 0 bridgehead atoms. The normalized spacial score (nSPS) is 11.6. The molecule has 3 rings (SSSR count). The van der Waals surface area contributed by atoms with Crippen LogP contribution in [0.5, 0.6) is 0 Å². The summed E-state index contributed by atoms with van der Waals surface area (Å²) in [5, 5.41) is 19.9. The molecular formula is C18H20N6O3S2. The number of nitrogens with one attached hydrogen (secondary N) is 1. The van der Waals surface area contributed by atoms with Gasteiger partial charge in [0.15, 0.2) is 0 Å². The van der Waals surface area contributed by atoms with Gasteiger partial charge in [0.2, 0.25) is 21.1 Å². The molecule has 1 heterocycles. The van der Waals surface area contributed by atoms with E-state index >= 15 is 0 Å². The van der Waals surface area contributed by atoms with Crippen molar-refractivity contribution in [3.8, 4) is 5.69 Å². The number of hydrogen-bond acceptors (Lipinski definition) is 7. The summed E-state index contributed by atoms with van der Waals surface area (Å²) in [6.07, 6.45) is 0. The quantitative estimate of drug-likeness (QED) is 0.547. The van der Waals surface area contributed by atoms with Gasteiger partial charge in [0.25, 0.3) is 0 Å². The Morgan fingerprint density at radius 3 is 2.38 bits per heavy atom. The molecule has 0 fully saturated rings. The topological polar surface area (TPSA) is 133 Å². The molecule has 9 nitrogen and oxygen atoms in total. The number of amides is 1. The summed E-state index contributed by atoms with van der Waals surface area (Å²) in [7, 11) is -3.77. The summed E-state index contributed by atoms with van der Waals surface area (Å²) in [6, 6.07) is 13.5. The molecule has 0 radical (unpaired) electrons. The number of carbonyl (C=O) groups excluding carboxylic acids is 1. The minimum atomic E-state index is -3.77. The molecule has 1 amide bonds. The number of sulfonamides is 1. The van der Waals surface area contributed by atoms with Crippen molar-refractivity contribution in [1.82, 2.24) is 20.2 Å². The molecule has 0 saturated heterocycles. The summed E-state index contributed by atoms with van der Waals surface area (Å²) in [5.41, 5.74) is 2.48. The van der Waals surface area contributed by atoms with E-state index in [1.807, 2.05) is 24.3 Å². The maximum atomic E-state index is 12.2. The fourth-order valence-corrected chi connectivity index (χ4v) is 3.69. The third-order valence-electron chi connectivity index (χ3n) is 4.04. The van der Waals surface area contributed by atoms with Crippen molar-refractivity contribution < 1.29 is 13.2 Å². The fourth-order valence-electron chi connectivity index (χ4n) is 2.49. The van der Waals surface area contributed by atoms with Crippen LogP contribution in [0.4, 0.5) is 5.69 Å². The Labute approximate surface area is 172 Å². The van der Waals surface area contributed by atoms with Crippen molar-refractivity contribution in [2.24, 2.45) is 5.14 Å². The van der Waals surface area contributed by atoms with Crippen LogP contribution in [0.2, 0.25) is 0 Å². The first-order chi connectivity index (χ1) is 13.7. The van der Waals surface area contributed by atoms with E-state index in [1.165, 1.54) is 41.6 Å². The Bertz CT molecular complexity index is 1090. The predicted octanol–water partition coefficient (Wildman–Crippen LogP) is 2.16. The highest BCUT2D eigenvalue weighted by Gasteiger charge is 2.13. The second kappa shape index (κ2) is 8.72. The van der Waals surface area contributed by atoms with E-state index in [9.17, 15) is 13.2 Å². The van der Waals surface area contributed by atoms with Gasteiger partial charge in [-0.15, -0.1) is 5.10 Å². The largest absolute Gasteiger partial charge is 0.325 e. The third kappa shape index (κ3) is 5.40. The smallest absolute Gasteiger partial charge is 0.238 e. The Morgan fingerprint density at radius 2 is 1.79 bits per heavy atom. The van der Waals surface area contributed by atoms with E-state index in [-0.39, 0.29) is 16.6 Å². The number of benzene rings is 2. The fraction of sp³-hybridized carbons (Fsp3) is 0.222. The average Bonchev–Trinajstić information content (AvgIpc) is 3.15. The molecule has 1 aromatic heterocycles. The molecule has 0 saturated carbocycles. The van der Waals surface area contributed by atoms with E-state index in [4.69, 9.17) is 5.14 Å². The number of tetrazole rings is 1. The number of hydrogen-bond donors (Lipinski definition) is 2. The Balaban J connectivity index is 1.62. The number of anilines is 1. The maximum Gasteiger partial charge on any atom is 0.238 e. The molecule has 0 spiro atoms. The van der Waals surface area contributed by atoms with Gasteiger partial charge in [0, 0.05) is 5.69 Å². The lowest BCUT2D eigenvalue weighted by Crippen LogP contribution is -2.15. The van der Waals surface area contributed by atoms with Gasteiger partial charge in [-0.2, -0.15) is 4.68 Å². The number of aromatic nitrogens is 4. The van der Waals surface area contributed by atoms with Gasteiger partial charge in [-0.05, 0) is 58.3 Å². The van der Waals surface area contributed by atoms with Crippen molar-refractivity contribution in [3.05, 3.63) is 54.1 Å². The standard InChI is InChI=1S/C18H20N6O3S2/c1-12(2)13-3-7-15(8-4-13)24-18(21-22-23-24)28-11-17(25)20-14-5-9-16(10-6-14)29(19,26)27/h3-10,12H,11H2,1-2H3,(H,20,25)(H2,19,26,27). The van der Waals surface area contributed by atoms with Gasteiger partial charge in [-0.25, -0.2) is 13.6 Å². The van der Waals surface area contributed by atoms with Gasteiger partial charge < -0.3 is 5.32 Å². The van der Waals surface area contributed by atoms with Crippen LogP contribution in [0.25, 0.3) is 5.69 Å². The number of thioether (sulfide) groups is 1. The number of nitrogens with zero attached hydrogens (tertiary/aromatic N) is 4. The van der Waals surface area contributed by atoms with Gasteiger partial charge in [0.1, 0.15) is 0 Å². The van der Waals surface area contributed by atoms with Crippen LogP contribution in [0.3, 0.4) is 0 Å². The highest BCUT2D eigenvalue weighted by Crippen LogP contribution is 2.21. The van der Waals surface area contributed by atoms with E-state index in [2.05, 4.69) is 34.7 Å². The van der Waals surface area contributed by atoms with E-state index in [0.717, 1.165) is 5.69 Å².